The molecule has 0 heterocycles. The normalized spacial score (nSPS) is 10.0. The maximum absolute atomic E-state index is 10.6. The van der Waals surface area contributed by atoms with Crippen molar-refractivity contribution in [1.29, 1.82) is 0 Å². The van der Waals surface area contributed by atoms with Crippen LogP contribution in [0.15, 0.2) is 24.3 Å². The zero-order chi connectivity index (χ0) is 16.8. The Morgan fingerprint density at radius 2 is 1.77 bits per heavy atom. The fourth-order valence-corrected chi connectivity index (χ4v) is 2.04. The number of carboxylic acids is 1. The van der Waals surface area contributed by atoms with Crippen LogP contribution in [-0.4, -0.2) is 48.0 Å². The summed E-state index contributed by atoms with van der Waals surface area (Å²) < 4.78 is 0. The number of hydrogen-bond acceptors (Lipinski definition) is 3. The summed E-state index contributed by atoms with van der Waals surface area (Å²) in [5.74, 6) is -0.132. The quantitative estimate of drug-likeness (QED) is 0.528. The average Bonchev–Trinajstić information content (AvgIpc) is 2.54. The largest absolute Gasteiger partial charge is 0.478 e. The topological polar surface area (TPSA) is 52.6 Å². The first-order valence-corrected chi connectivity index (χ1v) is 8.47. The van der Waals surface area contributed by atoms with Crippen molar-refractivity contribution in [3.8, 4) is 0 Å². The van der Waals surface area contributed by atoms with Gasteiger partial charge in [0.15, 0.2) is 0 Å². The van der Waals surface area contributed by atoms with Crippen LogP contribution in [0.2, 0.25) is 0 Å². The van der Waals surface area contributed by atoms with E-state index in [2.05, 4.69) is 31.0 Å². The van der Waals surface area contributed by atoms with Crippen molar-refractivity contribution >= 4 is 23.3 Å². The molecule has 1 aromatic rings. The number of nitrogens with one attached hydrogen (secondary N) is 1. The van der Waals surface area contributed by atoms with Gasteiger partial charge in [-0.2, -0.15) is 0 Å². The summed E-state index contributed by atoms with van der Waals surface area (Å²) >= 11 is 5.51. The molecule has 0 atom stereocenters. The highest BCUT2D eigenvalue weighted by Crippen LogP contribution is 2.09. The lowest BCUT2D eigenvalue weighted by Gasteiger charge is -2.14. The van der Waals surface area contributed by atoms with Gasteiger partial charge in [-0.05, 0) is 43.8 Å². The Kier molecular flexibility index (Phi) is 12.6. The van der Waals surface area contributed by atoms with Gasteiger partial charge in [0.25, 0.3) is 0 Å². The number of unbranched alkanes of at least 4 members (excludes halogenated alkanes) is 1. The Labute approximate surface area is 139 Å². The van der Waals surface area contributed by atoms with Crippen molar-refractivity contribution in [2.45, 2.75) is 33.6 Å². The van der Waals surface area contributed by atoms with E-state index in [4.69, 9.17) is 16.7 Å². The van der Waals surface area contributed by atoms with E-state index in [0.717, 1.165) is 50.6 Å². The van der Waals surface area contributed by atoms with Crippen LogP contribution in [0.5, 0.6) is 0 Å². The van der Waals surface area contributed by atoms with E-state index in [-0.39, 0.29) is 0 Å². The van der Waals surface area contributed by atoms with E-state index in [9.17, 15) is 4.79 Å². The predicted octanol–water partition coefficient (Wildman–Crippen LogP) is 4.16. The van der Waals surface area contributed by atoms with Crippen LogP contribution >= 0.6 is 11.6 Å². The first-order chi connectivity index (χ1) is 10.6. The third kappa shape index (κ3) is 9.64. The summed E-state index contributed by atoms with van der Waals surface area (Å²) in [6.07, 6.45) is 2.28. The average molecular weight is 329 g/mol. The maximum Gasteiger partial charge on any atom is 0.335 e. The van der Waals surface area contributed by atoms with Crippen molar-refractivity contribution in [3.05, 3.63) is 29.8 Å². The third-order valence-electron chi connectivity index (χ3n) is 3.29. The van der Waals surface area contributed by atoms with Crippen molar-refractivity contribution in [1.82, 2.24) is 4.90 Å². The number of nitrogens with zero attached hydrogens (tertiary/aromatic N) is 1. The maximum atomic E-state index is 10.6. The minimum Gasteiger partial charge on any atom is -0.478 e. The molecular formula is C17H29ClN2O2. The van der Waals surface area contributed by atoms with Crippen LogP contribution in [0.3, 0.4) is 0 Å². The molecule has 5 heteroatoms. The lowest BCUT2D eigenvalue weighted by molar-refractivity contribution is 0.0697. The number of anilines is 1. The van der Waals surface area contributed by atoms with Gasteiger partial charge in [-0.25, -0.2) is 4.79 Å². The second kappa shape index (κ2) is 13.4. The first kappa shape index (κ1) is 20.7. The smallest absolute Gasteiger partial charge is 0.335 e. The Morgan fingerprint density at radius 1 is 1.18 bits per heavy atom. The number of rotatable bonds is 9. The number of hydrogen-bond donors (Lipinski definition) is 2. The summed E-state index contributed by atoms with van der Waals surface area (Å²) in [5, 5.41) is 11.9. The molecule has 0 fully saturated rings. The third-order valence-corrected chi connectivity index (χ3v) is 3.46. The zero-order valence-corrected chi connectivity index (χ0v) is 14.7. The van der Waals surface area contributed by atoms with Crippen LogP contribution in [0.25, 0.3) is 0 Å². The van der Waals surface area contributed by atoms with E-state index >= 15 is 0 Å². The zero-order valence-electron chi connectivity index (χ0n) is 13.9. The van der Waals surface area contributed by atoms with E-state index in [1.807, 2.05) is 0 Å². The van der Waals surface area contributed by atoms with Crippen LogP contribution in [0.4, 0.5) is 5.69 Å². The van der Waals surface area contributed by atoms with Gasteiger partial charge in [0, 0.05) is 24.7 Å². The summed E-state index contributed by atoms with van der Waals surface area (Å²) in [6.45, 7) is 10.6. The van der Waals surface area contributed by atoms with E-state index < -0.39 is 5.97 Å². The first-order valence-electron chi connectivity index (χ1n) is 7.94. The molecule has 126 valence electrons. The van der Waals surface area contributed by atoms with Gasteiger partial charge >= 0.3 is 5.97 Å². The van der Waals surface area contributed by atoms with Gasteiger partial charge in [-0.15, -0.1) is 11.6 Å². The number of carboxylic acid groups (broad SMARTS) is 1. The summed E-state index contributed by atoms with van der Waals surface area (Å²) in [5.41, 5.74) is 1.30. The fraction of sp³-hybridized carbons (Fsp3) is 0.588. The minimum absolute atomic E-state index is 0.325. The molecule has 0 bridgehead atoms. The second-order valence-electron chi connectivity index (χ2n) is 4.88. The number of benzene rings is 1. The Bertz CT molecular complexity index is 392. The van der Waals surface area contributed by atoms with Crippen molar-refractivity contribution < 1.29 is 9.90 Å². The Hall–Kier alpha value is -1.26. The molecule has 0 aliphatic rings. The Balaban J connectivity index is 0.000000472. The molecule has 1 aromatic carbocycles. The molecule has 0 amide bonds. The van der Waals surface area contributed by atoms with Crippen LogP contribution < -0.4 is 5.32 Å². The summed E-state index contributed by atoms with van der Waals surface area (Å²) in [4.78, 5) is 12.9. The molecule has 1 rings (SSSR count). The highest BCUT2D eigenvalue weighted by molar-refractivity contribution is 6.18. The van der Waals surface area contributed by atoms with Gasteiger partial charge < -0.3 is 15.3 Å². The van der Waals surface area contributed by atoms with Gasteiger partial charge in [0.1, 0.15) is 0 Å². The molecule has 0 aromatic heterocycles. The van der Waals surface area contributed by atoms with Gasteiger partial charge in [-0.3, -0.25) is 0 Å². The molecule has 0 aliphatic carbocycles. The highest BCUT2D eigenvalue weighted by atomic mass is 35.5. The molecule has 22 heavy (non-hydrogen) atoms. The standard InChI is InChI=1S/C11H15NO2.C6H14ClN/c1-2-3-8-12-10-6-4-9(5-7-10)11(13)14;1-3-8(4-2)6-5-7/h4-7,12H,2-3,8H2,1H3,(H,13,14);3-6H2,1-2H3. The van der Waals surface area contributed by atoms with E-state index in [0.29, 0.717) is 5.56 Å². The molecule has 0 saturated heterocycles. The van der Waals surface area contributed by atoms with Crippen molar-refractivity contribution in [2.75, 3.05) is 37.4 Å². The van der Waals surface area contributed by atoms with Crippen LogP contribution in [-0.2, 0) is 0 Å². The second-order valence-corrected chi connectivity index (χ2v) is 5.26. The van der Waals surface area contributed by atoms with Crippen LogP contribution in [0, 0.1) is 0 Å². The van der Waals surface area contributed by atoms with Gasteiger partial charge in [0.05, 0.1) is 5.56 Å². The molecule has 0 spiro atoms. The highest BCUT2D eigenvalue weighted by Gasteiger charge is 2.00. The minimum atomic E-state index is -0.884. The van der Waals surface area contributed by atoms with E-state index in [1.165, 1.54) is 0 Å². The van der Waals surface area contributed by atoms with Gasteiger partial charge in [-0.1, -0.05) is 27.2 Å². The number of alkyl halides is 1. The monoisotopic (exact) mass is 328 g/mol. The molecule has 0 unspecified atom stereocenters. The van der Waals surface area contributed by atoms with Crippen molar-refractivity contribution in [2.24, 2.45) is 0 Å². The lowest BCUT2D eigenvalue weighted by Crippen LogP contribution is -2.24. The molecular weight excluding hydrogens is 300 g/mol. The molecule has 0 saturated carbocycles. The molecule has 0 aliphatic heterocycles. The Morgan fingerprint density at radius 3 is 2.14 bits per heavy atom. The van der Waals surface area contributed by atoms with Gasteiger partial charge in [0.2, 0.25) is 0 Å². The lowest BCUT2D eigenvalue weighted by atomic mass is 10.2. The molecule has 2 N–H and O–H groups in total. The molecule has 0 radical (unpaired) electrons. The summed E-state index contributed by atoms with van der Waals surface area (Å²) in [7, 11) is 0. The number of halogens is 1. The predicted molar refractivity (Wildman–Crippen MR) is 95.3 cm³/mol. The SMILES string of the molecule is CCCCNc1ccc(C(=O)O)cc1.CCN(CC)CCCl. The fourth-order valence-electron chi connectivity index (χ4n) is 1.80. The van der Waals surface area contributed by atoms with E-state index in [1.54, 1.807) is 24.3 Å². The van der Waals surface area contributed by atoms with Crippen LogP contribution in [0.1, 0.15) is 44.0 Å². The molecule has 4 nitrogen and oxygen atoms in total. The number of carbonyl (C=O) groups is 1. The summed E-state index contributed by atoms with van der Waals surface area (Å²) in [6, 6.07) is 6.80. The van der Waals surface area contributed by atoms with Crippen molar-refractivity contribution in [3.63, 3.8) is 0 Å². The number of aromatic carboxylic acids is 1.